The Morgan fingerprint density at radius 2 is 1.94 bits per heavy atom. The molecular weight excluding hydrogens is 248 g/mol. The van der Waals surface area contributed by atoms with Crippen molar-refractivity contribution in [3.05, 3.63) is 34.9 Å². The summed E-state index contributed by atoms with van der Waals surface area (Å²) in [5, 5.41) is 0.512. The van der Waals surface area contributed by atoms with Crippen LogP contribution in [0.5, 0.6) is 0 Å². The zero-order chi connectivity index (χ0) is 13.2. The van der Waals surface area contributed by atoms with Crippen molar-refractivity contribution in [3.63, 3.8) is 0 Å². The van der Waals surface area contributed by atoms with E-state index in [9.17, 15) is 4.79 Å². The van der Waals surface area contributed by atoms with Crippen LogP contribution in [0.4, 0.5) is 0 Å². The molecule has 0 saturated heterocycles. The maximum atomic E-state index is 12.7. The van der Waals surface area contributed by atoms with Crippen LogP contribution in [0.2, 0.25) is 5.02 Å². The van der Waals surface area contributed by atoms with E-state index in [1.54, 1.807) is 19.2 Å². The van der Waals surface area contributed by atoms with Gasteiger partial charge in [-0.25, -0.2) is 0 Å². The van der Waals surface area contributed by atoms with Gasteiger partial charge in [0.05, 0.1) is 5.02 Å². The lowest BCUT2D eigenvalue weighted by atomic mass is 9.75. The fraction of sp³-hybridized carbons (Fsp3) is 0.533. The Morgan fingerprint density at radius 1 is 1.33 bits per heavy atom. The quantitative estimate of drug-likeness (QED) is 0.770. The molecule has 0 unspecified atom stereocenters. The number of rotatable bonds is 3. The average molecular weight is 267 g/mol. The number of hydrogen-bond donors (Lipinski definition) is 0. The van der Waals surface area contributed by atoms with Gasteiger partial charge < -0.3 is 4.74 Å². The van der Waals surface area contributed by atoms with Gasteiger partial charge >= 0.3 is 0 Å². The van der Waals surface area contributed by atoms with Crippen LogP contribution in [0.3, 0.4) is 0 Å². The van der Waals surface area contributed by atoms with Crippen molar-refractivity contribution < 1.29 is 9.53 Å². The number of ketones is 1. The van der Waals surface area contributed by atoms with Gasteiger partial charge in [-0.15, -0.1) is 0 Å². The summed E-state index contributed by atoms with van der Waals surface area (Å²) in [6, 6.07) is 7.21. The zero-order valence-electron chi connectivity index (χ0n) is 10.9. The second-order valence-electron chi connectivity index (χ2n) is 5.19. The Balaban J connectivity index is 2.28. The summed E-state index contributed by atoms with van der Waals surface area (Å²) < 4.78 is 5.59. The Labute approximate surface area is 113 Å². The number of hydrogen-bond acceptors (Lipinski definition) is 2. The highest BCUT2D eigenvalue weighted by molar-refractivity contribution is 6.34. The minimum absolute atomic E-state index is 0.0301. The molecule has 0 bridgehead atoms. The Bertz CT molecular complexity index is 434. The molecule has 18 heavy (non-hydrogen) atoms. The first-order valence-electron chi connectivity index (χ1n) is 6.43. The molecule has 0 amide bonds. The van der Waals surface area contributed by atoms with Crippen LogP contribution >= 0.6 is 11.6 Å². The molecule has 1 saturated carbocycles. The molecule has 0 radical (unpaired) electrons. The third-order valence-corrected chi connectivity index (χ3v) is 4.33. The van der Waals surface area contributed by atoms with Crippen molar-refractivity contribution in [2.75, 3.05) is 7.11 Å². The Hall–Kier alpha value is -0.860. The minimum atomic E-state index is -0.669. The number of methoxy groups -OCH3 is 1. The predicted octanol–water partition coefficient (Wildman–Crippen LogP) is 4.12. The summed E-state index contributed by atoms with van der Waals surface area (Å²) >= 11 is 6.11. The van der Waals surface area contributed by atoms with Crippen molar-refractivity contribution in [1.29, 1.82) is 0 Å². The highest BCUT2D eigenvalue weighted by Crippen LogP contribution is 2.37. The van der Waals surface area contributed by atoms with Crippen LogP contribution in [0.1, 0.15) is 43.0 Å². The molecule has 1 aliphatic carbocycles. The number of ether oxygens (including phenoxy) is 1. The second-order valence-corrected chi connectivity index (χ2v) is 5.60. The summed E-state index contributed by atoms with van der Waals surface area (Å²) in [5.41, 5.74) is -0.0899. The van der Waals surface area contributed by atoms with Gasteiger partial charge in [0.15, 0.2) is 5.78 Å². The van der Waals surface area contributed by atoms with E-state index in [0.29, 0.717) is 16.5 Å². The molecule has 2 rings (SSSR count). The maximum absolute atomic E-state index is 12.7. The molecule has 0 atom stereocenters. The third-order valence-electron chi connectivity index (χ3n) is 4.00. The fourth-order valence-electron chi connectivity index (χ4n) is 2.64. The molecule has 98 valence electrons. The molecule has 1 aromatic rings. The molecule has 0 aliphatic heterocycles. The van der Waals surface area contributed by atoms with Crippen LogP contribution in [0, 0.1) is 5.92 Å². The SMILES string of the molecule is COC1(C(=O)c2ccccc2Cl)CCC(C)CC1. The van der Waals surface area contributed by atoms with Crippen molar-refractivity contribution >= 4 is 17.4 Å². The van der Waals surface area contributed by atoms with E-state index in [0.717, 1.165) is 25.7 Å². The molecule has 0 aromatic heterocycles. The number of Topliss-reactive ketones (excluding diaryl/α,β-unsaturated/α-hetero) is 1. The van der Waals surface area contributed by atoms with E-state index < -0.39 is 5.60 Å². The summed E-state index contributed by atoms with van der Waals surface area (Å²) in [6.45, 7) is 2.22. The molecule has 1 aromatic carbocycles. The lowest BCUT2D eigenvalue weighted by Gasteiger charge is -2.37. The van der Waals surface area contributed by atoms with E-state index in [-0.39, 0.29) is 5.78 Å². The smallest absolute Gasteiger partial charge is 0.196 e. The normalized spacial score (nSPS) is 28.1. The number of carbonyl (C=O) groups excluding carboxylic acids is 1. The maximum Gasteiger partial charge on any atom is 0.196 e. The number of carbonyl (C=O) groups is 1. The average Bonchev–Trinajstić information content (AvgIpc) is 2.40. The largest absolute Gasteiger partial charge is 0.370 e. The standard InChI is InChI=1S/C15H19ClO2/c1-11-7-9-15(18-2,10-8-11)14(17)12-5-3-4-6-13(12)16/h3-6,11H,7-10H2,1-2H3. The highest BCUT2D eigenvalue weighted by atomic mass is 35.5. The summed E-state index contributed by atoms with van der Waals surface area (Å²) in [5.74, 6) is 0.704. The van der Waals surface area contributed by atoms with Gasteiger partial charge in [-0.3, -0.25) is 4.79 Å². The molecule has 3 heteroatoms. The molecule has 1 fully saturated rings. The van der Waals surface area contributed by atoms with Crippen molar-refractivity contribution in [2.45, 2.75) is 38.2 Å². The lowest BCUT2D eigenvalue weighted by Crippen LogP contribution is -2.44. The van der Waals surface area contributed by atoms with Crippen LogP contribution < -0.4 is 0 Å². The van der Waals surface area contributed by atoms with Gasteiger partial charge in [0.25, 0.3) is 0 Å². The van der Waals surface area contributed by atoms with Gasteiger partial charge in [0, 0.05) is 12.7 Å². The minimum Gasteiger partial charge on any atom is -0.370 e. The van der Waals surface area contributed by atoms with Crippen molar-refractivity contribution in [1.82, 2.24) is 0 Å². The molecule has 2 nitrogen and oxygen atoms in total. The van der Waals surface area contributed by atoms with Crippen LogP contribution in [0.25, 0.3) is 0 Å². The summed E-state index contributed by atoms with van der Waals surface area (Å²) in [7, 11) is 1.63. The molecular formula is C15H19ClO2. The van der Waals surface area contributed by atoms with E-state index >= 15 is 0 Å². The molecule has 0 heterocycles. The first kappa shape index (κ1) is 13.6. The zero-order valence-corrected chi connectivity index (χ0v) is 11.7. The molecule has 0 N–H and O–H groups in total. The van der Waals surface area contributed by atoms with Gasteiger partial charge in [-0.2, -0.15) is 0 Å². The van der Waals surface area contributed by atoms with Crippen LogP contribution in [-0.2, 0) is 4.74 Å². The Kier molecular flexibility index (Phi) is 4.08. The monoisotopic (exact) mass is 266 g/mol. The van der Waals surface area contributed by atoms with Gasteiger partial charge in [0.2, 0.25) is 0 Å². The summed E-state index contributed by atoms with van der Waals surface area (Å²) in [4.78, 5) is 12.7. The van der Waals surface area contributed by atoms with Gasteiger partial charge in [-0.1, -0.05) is 30.7 Å². The summed E-state index contributed by atoms with van der Waals surface area (Å²) in [6.07, 6.45) is 3.64. The van der Waals surface area contributed by atoms with Crippen molar-refractivity contribution in [3.8, 4) is 0 Å². The first-order valence-corrected chi connectivity index (χ1v) is 6.81. The van der Waals surface area contributed by atoms with Gasteiger partial charge in [0.1, 0.15) is 5.60 Å². The lowest BCUT2D eigenvalue weighted by molar-refractivity contribution is -0.0263. The predicted molar refractivity (Wildman–Crippen MR) is 73.2 cm³/mol. The number of halogens is 1. The fourth-order valence-corrected chi connectivity index (χ4v) is 2.86. The van der Waals surface area contributed by atoms with Crippen LogP contribution in [-0.4, -0.2) is 18.5 Å². The van der Waals surface area contributed by atoms with E-state index in [4.69, 9.17) is 16.3 Å². The molecule has 0 spiro atoms. The van der Waals surface area contributed by atoms with Crippen LogP contribution in [0.15, 0.2) is 24.3 Å². The van der Waals surface area contributed by atoms with E-state index in [1.807, 2.05) is 12.1 Å². The third kappa shape index (κ3) is 2.45. The van der Waals surface area contributed by atoms with E-state index in [1.165, 1.54) is 0 Å². The Morgan fingerprint density at radius 3 is 2.50 bits per heavy atom. The number of benzene rings is 1. The highest BCUT2D eigenvalue weighted by Gasteiger charge is 2.42. The van der Waals surface area contributed by atoms with Crippen molar-refractivity contribution in [2.24, 2.45) is 5.92 Å². The molecule has 1 aliphatic rings. The topological polar surface area (TPSA) is 26.3 Å². The second kappa shape index (κ2) is 5.41. The van der Waals surface area contributed by atoms with E-state index in [2.05, 4.69) is 6.92 Å². The van der Waals surface area contributed by atoms with Gasteiger partial charge in [-0.05, 0) is 43.7 Å². The first-order chi connectivity index (χ1) is 8.59.